The summed E-state index contributed by atoms with van der Waals surface area (Å²) in [6, 6.07) is 4.19. The van der Waals surface area contributed by atoms with Gasteiger partial charge in [-0.25, -0.2) is 4.79 Å². The Labute approximate surface area is 86.2 Å². The van der Waals surface area contributed by atoms with Gasteiger partial charge in [-0.05, 0) is 18.2 Å². The molecule has 0 aliphatic heterocycles. The Kier molecular flexibility index (Phi) is 3.28. The first-order valence-corrected chi connectivity index (χ1v) is 4.14. The van der Waals surface area contributed by atoms with Crippen LogP contribution in [0.15, 0.2) is 18.2 Å². The number of carbonyl (C=O) groups is 2. The Bertz CT molecular complexity index is 397. The molecular weight excluding hydrogens is 200 g/mol. The van der Waals surface area contributed by atoms with E-state index in [2.05, 4.69) is 0 Å². The number of ether oxygens (including phenoxy) is 2. The maximum atomic E-state index is 10.8. The molecule has 1 N–H and O–H groups in total. The molecule has 0 radical (unpaired) electrons. The Balaban J connectivity index is 3.15. The second-order valence-corrected chi connectivity index (χ2v) is 2.76. The Morgan fingerprint density at radius 3 is 2.47 bits per heavy atom. The number of rotatable bonds is 3. The lowest BCUT2D eigenvalue weighted by molar-refractivity contribution is -0.131. The minimum absolute atomic E-state index is 0.0100. The summed E-state index contributed by atoms with van der Waals surface area (Å²) < 4.78 is 9.59. The molecule has 0 amide bonds. The van der Waals surface area contributed by atoms with Crippen LogP contribution in [0, 0.1) is 0 Å². The van der Waals surface area contributed by atoms with E-state index in [0.29, 0.717) is 5.75 Å². The second kappa shape index (κ2) is 4.45. The van der Waals surface area contributed by atoms with Crippen molar-refractivity contribution >= 4 is 11.9 Å². The smallest absolute Gasteiger partial charge is 0.339 e. The number of esters is 1. The maximum Gasteiger partial charge on any atom is 0.339 e. The molecule has 0 aliphatic carbocycles. The van der Waals surface area contributed by atoms with Gasteiger partial charge in [0.2, 0.25) is 0 Å². The van der Waals surface area contributed by atoms with Gasteiger partial charge in [0, 0.05) is 6.92 Å². The van der Waals surface area contributed by atoms with Crippen molar-refractivity contribution in [2.75, 3.05) is 7.11 Å². The van der Waals surface area contributed by atoms with Crippen LogP contribution in [-0.4, -0.2) is 24.2 Å². The van der Waals surface area contributed by atoms with Crippen LogP contribution >= 0.6 is 0 Å². The first kappa shape index (κ1) is 11.0. The number of aromatic carboxylic acids is 1. The molecule has 0 heterocycles. The summed E-state index contributed by atoms with van der Waals surface area (Å²) >= 11 is 0. The zero-order valence-corrected chi connectivity index (χ0v) is 8.31. The fourth-order valence-corrected chi connectivity index (χ4v) is 1.05. The summed E-state index contributed by atoms with van der Waals surface area (Å²) in [5.74, 6) is -1.34. The molecule has 5 heteroatoms. The SMILES string of the molecule is COc1ccc(OC(C)=O)c(C(=O)O)c1. The molecule has 0 unspecified atom stereocenters. The van der Waals surface area contributed by atoms with Crippen molar-refractivity contribution in [1.82, 2.24) is 0 Å². The number of methoxy groups -OCH3 is 1. The first-order chi connectivity index (χ1) is 7.04. The van der Waals surface area contributed by atoms with E-state index in [1.165, 1.54) is 32.2 Å². The predicted molar refractivity (Wildman–Crippen MR) is 51.3 cm³/mol. The minimum Gasteiger partial charge on any atom is -0.497 e. The molecule has 15 heavy (non-hydrogen) atoms. The summed E-state index contributed by atoms with van der Waals surface area (Å²) in [4.78, 5) is 21.5. The molecule has 0 saturated heterocycles. The van der Waals surface area contributed by atoms with Gasteiger partial charge in [-0.1, -0.05) is 0 Å². The predicted octanol–water partition coefficient (Wildman–Crippen LogP) is 1.32. The number of benzene rings is 1. The van der Waals surface area contributed by atoms with Crippen LogP contribution in [0.25, 0.3) is 0 Å². The number of carbonyl (C=O) groups excluding carboxylic acids is 1. The van der Waals surface area contributed by atoms with Crippen molar-refractivity contribution in [2.45, 2.75) is 6.92 Å². The lowest BCUT2D eigenvalue weighted by atomic mass is 10.2. The largest absolute Gasteiger partial charge is 0.497 e. The summed E-state index contributed by atoms with van der Waals surface area (Å²) in [6.07, 6.45) is 0. The molecule has 0 aromatic heterocycles. The highest BCUT2D eigenvalue weighted by Crippen LogP contribution is 2.24. The average Bonchev–Trinajstić information content (AvgIpc) is 2.17. The fourth-order valence-electron chi connectivity index (χ4n) is 1.05. The Hall–Kier alpha value is -2.04. The summed E-state index contributed by atoms with van der Waals surface area (Å²) in [5, 5.41) is 8.85. The molecule has 1 rings (SSSR count). The van der Waals surface area contributed by atoms with Crippen molar-refractivity contribution in [2.24, 2.45) is 0 Å². The third kappa shape index (κ3) is 2.70. The number of carboxylic acid groups (broad SMARTS) is 1. The molecule has 0 aliphatic rings. The van der Waals surface area contributed by atoms with Crippen LogP contribution in [0.1, 0.15) is 17.3 Å². The van der Waals surface area contributed by atoms with Gasteiger partial charge in [0.15, 0.2) is 0 Å². The zero-order valence-electron chi connectivity index (χ0n) is 8.31. The van der Waals surface area contributed by atoms with E-state index in [9.17, 15) is 9.59 Å². The van der Waals surface area contributed by atoms with Gasteiger partial charge in [-0.15, -0.1) is 0 Å². The topological polar surface area (TPSA) is 72.8 Å². The molecular formula is C10H10O5. The molecule has 0 saturated carbocycles. The number of hydrogen-bond donors (Lipinski definition) is 1. The average molecular weight is 210 g/mol. The van der Waals surface area contributed by atoms with Crippen LogP contribution in [0.4, 0.5) is 0 Å². The van der Waals surface area contributed by atoms with Gasteiger partial charge >= 0.3 is 11.9 Å². The van der Waals surface area contributed by atoms with Crippen LogP contribution < -0.4 is 9.47 Å². The number of hydrogen-bond acceptors (Lipinski definition) is 4. The van der Waals surface area contributed by atoms with Gasteiger partial charge in [-0.3, -0.25) is 4.79 Å². The summed E-state index contributed by atoms with van der Waals surface area (Å²) in [5.41, 5.74) is -0.107. The summed E-state index contributed by atoms with van der Waals surface area (Å²) in [6.45, 7) is 1.20. The molecule has 5 nitrogen and oxygen atoms in total. The van der Waals surface area contributed by atoms with Crippen molar-refractivity contribution in [1.29, 1.82) is 0 Å². The van der Waals surface area contributed by atoms with Gasteiger partial charge in [0.1, 0.15) is 17.1 Å². The van der Waals surface area contributed by atoms with Crippen molar-refractivity contribution < 1.29 is 24.2 Å². The minimum atomic E-state index is -1.18. The monoisotopic (exact) mass is 210 g/mol. The zero-order chi connectivity index (χ0) is 11.4. The quantitative estimate of drug-likeness (QED) is 0.601. The molecule has 0 spiro atoms. The van der Waals surface area contributed by atoms with Crippen molar-refractivity contribution in [3.8, 4) is 11.5 Å². The van der Waals surface area contributed by atoms with Gasteiger partial charge < -0.3 is 14.6 Å². The Morgan fingerprint density at radius 2 is 2.00 bits per heavy atom. The van der Waals surface area contributed by atoms with E-state index >= 15 is 0 Å². The standard InChI is InChI=1S/C10H10O5/c1-6(11)15-9-4-3-7(14-2)5-8(9)10(12)13/h3-5H,1-2H3,(H,12,13). The third-order valence-corrected chi connectivity index (χ3v) is 1.67. The third-order valence-electron chi connectivity index (χ3n) is 1.67. The van der Waals surface area contributed by atoms with Gasteiger partial charge in [0.05, 0.1) is 7.11 Å². The van der Waals surface area contributed by atoms with Crippen molar-refractivity contribution in [3.63, 3.8) is 0 Å². The van der Waals surface area contributed by atoms with Crippen LogP contribution in [0.5, 0.6) is 11.5 Å². The van der Waals surface area contributed by atoms with Gasteiger partial charge in [0.25, 0.3) is 0 Å². The first-order valence-electron chi connectivity index (χ1n) is 4.14. The second-order valence-electron chi connectivity index (χ2n) is 2.76. The highest BCUT2D eigenvalue weighted by atomic mass is 16.5. The molecule has 0 bridgehead atoms. The molecule has 1 aromatic carbocycles. The van der Waals surface area contributed by atoms with Crippen molar-refractivity contribution in [3.05, 3.63) is 23.8 Å². The normalized spacial score (nSPS) is 9.47. The summed E-state index contributed by atoms with van der Waals surface area (Å²) in [7, 11) is 1.42. The van der Waals surface area contributed by atoms with E-state index < -0.39 is 11.9 Å². The molecule has 80 valence electrons. The van der Waals surface area contributed by atoms with Crippen LogP contribution in [0.2, 0.25) is 0 Å². The molecule has 0 fully saturated rings. The van der Waals surface area contributed by atoms with Crippen LogP contribution in [-0.2, 0) is 4.79 Å². The fraction of sp³-hybridized carbons (Fsp3) is 0.200. The molecule has 1 aromatic rings. The van der Waals surface area contributed by atoms with E-state index in [4.69, 9.17) is 14.6 Å². The lowest BCUT2D eigenvalue weighted by Gasteiger charge is -2.07. The van der Waals surface area contributed by atoms with Crippen LogP contribution in [0.3, 0.4) is 0 Å². The van der Waals surface area contributed by atoms with E-state index in [0.717, 1.165) is 0 Å². The van der Waals surface area contributed by atoms with E-state index in [1.54, 1.807) is 0 Å². The van der Waals surface area contributed by atoms with E-state index in [-0.39, 0.29) is 11.3 Å². The Morgan fingerprint density at radius 1 is 1.33 bits per heavy atom. The highest BCUT2D eigenvalue weighted by molar-refractivity contribution is 5.92. The number of carboxylic acids is 1. The van der Waals surface area contributed by atoms with E-state index in [1.807, 2.05) is 0 Å². The van der Waals surface area contributed by atoms with Gasteiger partial charge in [-0.2, -0.15) is 0 Å². The lowest BCUT2D eigenvalue weighted by Crippen LogP contribution is -2.07. The highest BCUT2D eigenvalue weighted by Gasteiger charge is 2.13. The molecule has 0 atom stereocenters. The maximum absolute atomic E-state index is 10.8.